The second-order valence-corrected chi connectivity index (χ2v) is 9.74. The number of anilines is 1. The lowest BCUT2D eigenvalue weighted by Crippen LogP contribution is -2.41. The quantitative estimate of drug-likeness (QED) is 0.659. The first-order chi connectivity index (χ1) is 15.7. The maximum Gasteiger partial charge on any atom is 0.253 e. The molecule has 0 atom stereocenters. The number of halogens is 2. The summed E-state index contributed by atoms with van der Waals surface area (Å²) in [7, 11) is -3.97. The molecule has 0 aliphatic carbocycles. The molecule has 1 aliphatic heterocycles. The number of amides is 2. The van der Waals surface area contributed by atoms with Crippen LogP contribution in [-0.4, -0.2) is 55.6 Å². The van der Waals surface area contributed by atoms with Gasteiger partial charge in [0, 0.05) is 43.3 Å². The van der Waals surface area contributed by atoms with E-state index in [-0.39, 0.29) is 29.8 Å². The minimum atomic E-state index is -3.97. The van der Waals surface area contributed by atoms with Gasteiger partial charge in [0.25, 0.3) is 5.91 Å². The van der Waals surface area contributed by atoms with Gasteiger partial charge in [-0.15, -0.1) is 0 Å². The fourth-order valence-electron chi connectivity index (χ4n) is 3.78. The van der Waals surface area contributed by atoms with Crippen LogP contribution < -0.4 is 5.32 Å². The van der Waals surface area contributed by atoms with E-state index in [1.807, 2.05) is 13.8 Å². The molecule has 1 N–H and O–H groups in total. The van der Waals surface area contributed by atoms with E-state index in [4.69, 9.17) is 0 Å². The van der Waals surface area contributed by atoms with Gasteiger partial charge >= 0.3 is 0 Å². The Morgan fingerprint density at radius 3 is 2.15 bits per heavy atom. The molecule has 1 saturated heterocycles. The maximum atomic E-state index is 13.5. The number of benzene rings is 2. The van der Waals surface area contributed by atoms with Crippen molar-refractivity contribution in [2.75, 3.05) is 31.5 Å². The van der Waals surface area contributed by atoms with Crippen molar-refractivity contribution in [2.24, 2.45) is 5.92 Å². The molecule has 10 heteroatoms. The van der Waals surface area contributed by atoms with Crippen LogP contribution in [0.4, 0.5) is 14.5 Å². The molecule has 0 radical (unpaired) electrons. The van der Waals surface area contributed by atoms with E-state index >= 15 is 0 Å². The Morgan fingerprint density at radius 2 is 1.61 bits per heavy atom. The minimum absolute atomic E-state index is 0.0764. The number of nitrogens with zero attached hydrogens (tertiary/aromatic N) is 2. The van der Waals surface area contributed by atoms with Crippen molar-refractivity contribution < 1.29 is 26.8 Å². The molecule has 1 fully saturated rings. The molecule has 3 rings (SSSR count). The van der Waals surface area contributed by atoms with Gasteiger partial charge in [-0.3, -0.25) is 9.59 Å². The van der Waals surface area contributed by atoms with Crippen molar-refractivity contribution in [2.45, 2.75) is 31.6 Å². The highest BCUT2D eigenvalue weighted by molar-refractivity contribution is 7.89. The fourth-order valence-corrected chi connectivity index (χ4v) is 5.26. The lowest BCUT2D eigenvalue weighted by Gasteiger charge is -2.30. The molecule has 1 aliphatic rings. The van der Waals surface area contributed by atoms with E-state index in [1.54, 1.807) is 29.2 Å². The highest BCUT2D eigenvalue weighted by Crippen LogP contribution is 2.26. The smallest absolute Gasteiger partial charge is 0.253 e. The lowest BCUT2D eigenvalue weighted by molar-refractivity contribution is -0.120. The first-order valence-corrected chi connectivity index (χ1v) is 12.3. The Labute approximate surface area is 192 Å². The van der Waals surface area contributed by atoms with Gasteiger partial charge < -0.3 is 10.2 Å². The normalized spacial score (nSPS) is 15.3. The van der Waals surface area contributed by atoms with Gasteiger partial charge in [0.1, 0.15) is 0 Å². The molecule has 0 bridgehead atoms. The number of piperidine rings is 1. The fraction of sp³-hybridized carbons (Fsp3) is 0.391. The largest absolute Gasteiger partial charge is 0.339 e. The second-order valence-electron chi connectivity index (χ2n) is 7.80. The van der Waals surface area contributed by atoms with Gasteiger partial charge in [0.15, 0.2) is 11.6 Å². The van der Waals surface area contributed by atoms with E-state index in [0.717, 1.165) is 12.1 Å². The Hall–Kier alpha value is -2.85. The summed E-state index contributed by atoms with van der Waals surface area (Å²) in [6.07, 6.45) is 0.598. The summed E-state index contributed by atoms with van der Waals surface area (Å²) in [6, 6.07) is 9.12. The standard InChI is InChI=1S/C23H27F2N3O4S/c1-3-27(4-2)23(30)17-5-7-18(8-6-17)26-22(29)16-11-13-28(14-12-16)33(31,32)19-9-10-20(24)21(25)15-19/h5-10,15-16H,3-4,11-14H2,1-2H3,(H,26,29). The summed E-state index contributed by atoms with van der Waals surface area (Å²) in [5.41, 5.74) is 1.08. The van der Waals surface area contributed by atoms with Crippen LogP contribution in [-0.2, 0) is 14.8 Å². The number of carbonyl (C=O) groups excluding carboxylic acids is 2. The third kappa shape index (κ3) is 5.56. The van der Waals surface area contributed by atoms with Gasteiger partial charge in [-0.25, -0.2) is 17.2 Å². The third-order valence-corrected chi connectivity index (χ3v) is 7.70. The highest BCUT2D eigenvalue weighted by Gasteiger charge is 2.32. The Kier molecular flexibility index (Phi) is 7.80. The number of rotatable bonds is 7. The number of nitrogens with one attached hydrogen (secondary N) is 1. The first-order valence-electron chi connectivity index (χ1n) is 10.8. The molecule has 1 heterocycles. The van der Waals surface area contributed by atoms with Crippen LogP contribution >= 0.6 is 0 Å². The van der Waals surface area contributed by atoms with E-state index in [2.05, 4.69) is 5.32 Å². The van der Waals surface area contributed by atoms with Crippen LogP contribution in [0.15, 0.2) is 47.4 Å². The molecule has 2 aromatic carbocycles. The first kappa shape index (κ1) is 24.8. The van der Waals surface area contributed by atoms with E-state index in [9.17, 15) is 26.8 Å². The zero-order valence-corrected chi connectivity index (χ0v) is 19.4. The number of hydrogen-bond acceptors (Lipinski definition) is 4. The number of sulfonamides is 1. The summed E-state index contributed by atoms with van der Waals surface area (Å²) in [5, 5.41) is 2.81. The van der Waals surface area contributed by atoms with Crippen LogP contribution in [0.1, 0.15) is 37.0 Å². The van der Waals surface area contributed by atoms with Crippen LogP contribution in [0.2, 0.25) is 0 Å². The maximum absolute atomic E-state index is 13.5. The van der Waals surface area contributed by atoms with Crippen molar-refractivity contribution >= 4 is 27.5 Å². The zero-order chi connectivity index (χ0) is 24.2. The molecule has 2 aromatic rings. The van der Waals surface area contributed by atoms with Crippen LogP contribution in [0.5, 0.6) is 0 Å². The summed E-state index contributed by atoms with van der Waals surface area (Å²) in [6.45, 7) is 5.22. The van der Waals surface area contributed by atoms with E-state index in [1.165, 1.54) is 4.31 Å². The molecule has 178 valence electrons. The van der Waals surface area contributed by atoms with Crippen molar-refractivity contribution in [3.63, 3.8) is 0 Å². The third-order valence-electron chi connectivity index (χ3n) is 5.80. The molecular weight excluding hydrogens is 452 g/mol. The van der Waals surface area contributed by atoms with Gasteiger partial charge in [0.05, 0.1) is 4.90 Å². The van der Waals surface area contributed by atoms with Gasteiger partial charge in [-0.05, 0) is 69.2 Å². The molecule has 2 amide bonds. The Morgan fingerprint density at radius 1 is 1.00 bits per heavy atom. The molecule has 33 heavy (non-hydrogen) atoms. The lowest BCUT2D eigenvalue weighted by atomic mass is 9.97. The zero-order valence-electron chi connectivity index (χ0n) is 18.6. The summed E-state index contributed by atoms with van der Waals surface area (Å²) in [5.74, 6) is -3.04. The molecule has 0 spiro atoms. The van der Waals surface area contributed by atoms with Crippen LogP contribution in [0.25, 0.3) is 0 Å². The van der Waals surface area contributed by atoms with Crippen molar-refractivity contribution in [3.05, 3.63) is 59.7 Å². The van der Waals surface area contributed by atoms with Crippen LogP contribution in [0.3, 0.4) is 0 Å². The molecule has 0 saturated carbocycles. The SMILES string of the molecule is CCN(CC)C(=O)c1ccc(NC(=O)C2CCN(S(=O)(=O)c3ccc(F)c(F)c3)CC2)cc1. The molecule has 0 aromatic heterocycles. The van der Waals surface area contributed by atoms with E-state index in [0.29, 0.717) is 43.2 Å². The monoisotopic (exact) mass is 479 g/mol. The van der Waals surface area contributed by atoms with Crippen molar-refractivity contribution in [1.82, 2.24) is 9.21 Å². The number of hydrogen-bond donors (Lipinski definition) is 1. The van der Waals surface area contributed by atoms with Gasteiger partial charge in [0.2, 0.25) is 15.9 Å². The summed E-state index contributed by atoms with van der Waals surface area (Å²) < 4.78 is 53.2. The molecule has 7 nitrogen and oxygen atoms in total. The summed E-state index contributed by atoms with van der Waals surface area (Å²) in [4.78, 5) is 26.4. The average molecular weight is 480 g/mol. The number of carbonyl (C=O) groups is 2. The predicted molar refractivity (Wildman–Crippen MR) is 120 cm³/mol. The summed E-state index contributed by atoms with van der Waals surface area (Å²) >= 11 is 0. The average Bonchev–Trinajstić information content (AvgIpc) is 2.82. The highest BCUT2D eigenvalue weighted by atomic mass is 32.2. The van der Waals surface area contributed by atoms with Gasteiger partial charge in [-0.1, -0.05) is 0 Å². The van der Waals surface area contributed by atoms with Gasteiger partial charge in [-0.2, -0.15) is 4.31 Å². The molecular formula is C23H27F2N3O4S. The predicted octanol–water partition coefficient (Wildman–Crippen LogP) is 3.49. The Bertz CT molecular complexity index is 1110. The van der Waals surface area contributed by atoms with E-state index < -0.39 is 27.6 Å². The van der Waals surface area contributed by atoms with Crippen LogP contribution in [0, 0.1) is 17.6 Å². The molecule has 0 unspecified atom stereocenters. The Balaban J connectivity index is 1.58. The minimum Gasteiger partial charge on any atom is -0.339 e. The van der Waals surface area contributed by atoms with Crippen molar-refractivity contribution in [1.29, 1.82) is 0 Å². The topological polar surface area (TPSA) is 86.8 Å². The second kappa shape index (κ2) is 10.4. The van der Waals surface area contributed by atoms with Crippen molar-refractivity contribution in [3.8, 4) is 0 Å².